The molecule has 3 nitrogen and oxygen atoms in total. The van der Waals surface area contributed by atoms with E-state index in [0.29, 0.717) is 12.1 Å². The summed E-state index contributed by atoms with van der Waals surface area (Å²) in [7, 11) is 1.76. The van der Waals surface area contributed by atoms with Crippen LogP contribution in [0.3, 0.4) is 0 Å². The second-order valence-electron chi connectivity index (χ2n) is 5.10. The van der Waals surface area contributed by atoms with E-state index in [9.17, 15) is 0 Å². The number of rotatable bonds is 8. The first kappa shape index (κ1) is 16.6. The van der Waals surface area contributed by atoms with Crippen LogP contribution in [0, 0.1) is 6.92 Å². The third-order valence-corrected chi connectivity index (χ3v) is 4.70. The predicted molar refractivity (Wildman–Crippen MR) is 83.8 cm³/mol. The number of nitrogens with two attached hydrogens (primary N) is 1. The molecule has 0 saturated heterocycles. The number of hydrogen-bond donors (Lipinski definition) is 1. The molecule has 0 aromatic carbocycles. The summed E-state index contributed by atoms with van der Waals surface area (Å²) in [6.45, 7) is 10.4. The van der Waals surface area contributed by atoms with Crippen molar-refractivity contribution in [2.45, 2.75) is 52.2 Å². The minimum absolute atomic E-state index is 0.164. The lowest BCUT2D eigenvalue weighted by atomic mass is 10.0. The summed E-state index contributed by atoms with van der Waals surface area (Å²) in [5, 5.41) is 0. The van der Waals surface area contributed by atoms with Gasteiger partial charge in [0.25, 0.3) is 0 Å². The Morgan fingerprint density at radius 3 is 2.47 bits per heavy atom. The average Bonchev–Trinajstić information content (AvgIpc) is 2.81. The molecule has 0 spiro atoms. The van der Waals surface area contributed by atoms with Crippen LogP contribution in [0.1, 0.15) is 43.0 Å². The van der Waals surface area contributed by atoms with Crippen LogP contribution >= 0.6 is 11.3 Å². The number of likely N-dealkylation sites (N-methyl/N-ethyl adjacent to an activating group) is 1. The zero-order chi connectivity index (χ0) is 14.4. The molecule has 3 atom stereocenters. The highest BCUT2D eigenvalue weighted by Gasteiger charge is 2.29. The van der Waals surface area contributed by atoms with Crippen LogP contribution in [0.5, 0.6) is 0 Å². The molecule has 1 aromatic heterocycles. The molecule has 110 valence electrons. The molecule has 0 bridgehead atoms. The van der Waals surface area contributed by atoms with Crippen molar-refractivity contribution >= 4 is 11.3 Å². The fourth-order valence-corrected chi connectivity index (χ4v) is 3.65. The lowest BCUT2D eigenvalue weighted by Crippen LogP contribution is -2.46. The van der Waals surface area contributed by atoms with Crippen molar-refractivity contribution in [3.8, 4) is 0 Å². The van der Waals surface area contributed by atoms with Crippen LogP contribution in [-0.4, -0.2) is 37.2 Å². The SMILES string of the molecule is CCC(N)C(c1ccc(C)s1)N(CC)C(C)COC. The lowest BCUT2D eigenvalue weighted by Gasteiger charge is -2.38. The summed E-state index contributed by atoms with van der Waals surface area (Å²) >= 11 is 1.86. The molecule has 0 amide bonds. The van der Waals surface area contributed by atoms with Crippen molar-refractivity contribution in [1.29, 1.82) is 0 Å². The van der Waals surface area contributed by atoms with Gasteiger partial charge in [-0.3, -0.25) is 4.90 Å². The van der Waals surface area contributed by atoms with Gasteiger partial charge >= 0.3 is 0 Å². The molecule has 0 aliphatic rings. The molecule has 0 fully saturated rings. The molecule has 1 heterocycles. The Labute approximate surface area is 121 Å². The van der Waals surface area contributed by atoms with Gasteiger partial charge in [0.2, 0.25) is 0 Å². The lowest BCUT2D eigenvalue weighted by molar-refractivity contribution is 0.0641. The molecule has 0 aliphatic heterocycles. The van der Waals surface area contributed by atoms with Crippen molar-refractivity contribution in [3.63, 3.8) is 0 Å². The molecule has 2 N–H and O–H groups in total. The fraction of sp³-hybridized carbons (Fsp3) is 0.733. The van der Waals surface area contributed by atoms with E-state index in [0.717, 1.165) is 19.6 Å². The second kappa shape index (κ2) is 8.00. The molecule has 1 rings (SSSR count). The maximum Gasteiger partial charge on any atom is 0.0615 e. The van der Waals surface area contributed by atoms with Crippen LogP contribution in [0.15, 0.2) is 12.1 Å². The van der Waals surface area contributed by atoms with Crippen LogP contribution in [0.4, 0.5) is 0 Å². The maximum absolute atomic E-state index is 6.39. The molecule has 1 aromatic rings. The van der Waals surface area contributed by atoms with Gasteiger partial charge in [-0.1, -0.05) is 13.8 Å². The maximum atomic E-state index is 6.39. The van der Waals surface area contributed by atoms with Gasteiger partial charge in [-0.15, -0.1) is 11.3 Å². The fourth-order valence-electron chi connectivity index (χ4n) is 2.58. The molecule has 3 unspecified atom stereocenters. The van der Waals surface area contributed by atoms with Crippen molar-refractivity contribution in [2.24, 2.45) is 5.73 Å². The minimum atomic E-state index is 0.164. The second-order valence-corrected chi connectivity index (χ2v) is 6.42. The number of ether oxygens (including phenoxy) is 1. The van der Waals surface area contributed by atoms with Gasteiger partial charge < -0.3 is 10.5 Å². The van der Waals surface area contributed by atoms with E-state index in [1.165, 1.54) is 9.75 Å². The van der Waals surface area contributed by atoms with Gasteiger partial charge in [-0.2, -0.15) is 0 Å². The van der Waals surface area contributed by atoms with Gasteiger partial charge in [0, 0.05) is 28.9 Å². The van der Waals surface area contributed by atoms with E-state index >= 15 is 0 Å². The number of aryl methyl sites for hydroxylation is 1. The van der Waals surface area contributed by atoms with E-state index in [1.807, 2.05) is 11.3 Å². The predicted octanol–water partition coefficient (Wildman–Crippen LogP) is 3.19. The van der Waals surface area contributed by atoms with E-state index in [-0.39, 0.29) is 6.04 Å². The topological polar surface area (TPSA) is 38.5 Å². The van der Waals surface area contributed by atoms with Crippen molar-refractivity contribution in [2.75, 3.05) is 20.3 Å². The normalized spacial score (nSPS) is 16.6. The Kier molecular flexibility index (Phi) is 7.00. The first-order valence-electron chi connectivity index (χ1n) is 7.11. The number of methoxy groups -OCH3 is 1. The quantitative estimate of drug-likeness (QED) is 0.797. The van der Waals surface area contributed by atoms with E-state index in [2.05, 4.69) is 44.7 Å². The van der Waals surface area contributed by atoms with Crippen LogP contribution in [-0.2, 0) is 4.74 Å². The van der Waals surface area contributed by atoms with Crippen molar-refractivity contribution in [1.82, 2.24) is 4.90 Å². The Bertz CT molecular complexity index is 367. The van der Waals surface area contributed by atoms with Crippen LogP contribution < -0.4 is 5.73 Å². The summed E-state index contributed by atoms with van der Waals surface area (Å²) in [6, 6.07) is 5.24. The first-order valence-corrected chi connectivity index (χ1v) is 7.93. The van der Waals surface area contributed by atoms with Crippen LogP contribution in [0.2, 0.25) is 0 Å². The third kappa shape index (κ3) is 4.28. The Morgan fingerprint density at radius 1 is 1.37 bits per heavy atom. The number of thiophene rings is 1. The summed E-state index contributed by atoms with van der Waals surface area (Å²) in [5.74, 6) is 0. The van der Waals surface area contributed by atoms with Gasteiger partial charge in [-0.25, -0.2) is 0 Å². The van der Waals surface area contributed by atoms with E-state index in [1.54, 1.807) is 7.11 Å². The number of hydrogen-bond acceptors (Lipinski definition) is 4. The molecule has 0 saturated carbocycles. The van der Waals surface area contributed by atoms with Crippen molar-refractivity contribution in [3.05, 3.63) is 21.9 Å². The molecular weight excluding hydrogens is 256 g/mol. The molecule has 0 aliphatic carbocycles. The van der Waals surface area contributed by atoms with Crippen LogP contribution in [0.25, 0.3) is 0 Å². The highest BCUT2D eigenvalue weighted by Crippen LogP contribution is 2.32. The van der Waals surface area contributed by atoms with E-state index in [4.69, 9.17) is 10.5 Å². The molecule has 4 heteroatoms. The Morgan fingerprint density at radius 2 is 2.05 bits per heavy atom. The average molecular weight is 284 g/mol. The third-order valence-electron chi connectivity index (χ3n) is 3.63. The summed E-state index contributed by atoms with van der Waals surface area (Å²) in [5.41, 5.74) is 6.39. The summed E-state index contributed by atoms with van der Waals surface area (Å²) in [6.07, 6.45) is 0.984. The Hall–Kier alpha value is -0.420. The summed E-state index contributed by atoms with van der Waals surface area (Å²) < 4.78 is 5.31. The highest BCUT2D eigenvalue weighted by atomic mass is 32.1. The smallest absolute Gasteiger partial charge is 0.0615 e. The molecular formula is C15H28N2OS. The minimum Gasteiger partial charge on any atom is -0.383 e. The largest absolute Gasteiger partial charge is 0.383 e. The monoisotopic (exact) mass is 284 g/mol. The highest BCUT2D eigenvalue weighted by molar-refractivity contribution is 7.12. The zero-order valence-electron chi connectivity index (χ0n) is 12.8. The van der Waals surface area contributed by atoms with Crippen molar-refractivity contribution < 1.29 is 4.74 Å². The summed E-state index contributed by atoms with van der Waals surface area (Å²) in [4.78, 5) is 5.18. The van der Waals surface area contributed by atoms with E-state index < -0.39 is 0 Å². The standard InChI is InChI=1S/C15H28N2OS/c1-6-13(16)15(14-9-8-12(4)19-14)17(7-2)11(3)10-18-5/h8-9,11,13,15H,6-7,10,16H2,1-5H3. The molecule has 19 heavy (non-hydrogen) atoms. The van der Waals surface area contributed by atoms with Gasteiger partial charge in [-0.05, 0) is 38.9 Å². The van der Waals surface area contributed by atoms with Gasteiger partial charge in [0.05, 0.1) is 12.6 Å². The molecule has 0 radical (unpaired) electrons. The zero-order valence-corrected chi connectivity index (χ0v) is 13.7. The number of nitrogens with zero attached hydrogens (tertiary/aromatic N) is 1. The first-order chi connectivity index (χ1) is 9.04. The van der Waals surface area contributed by atoms with Gasteiger partial charge in [0.15, 0.2) is 0 Å². The Balaban J connectivity index is 3.00. The van der Waals surface area contributed by atoms with Gasteiger partial charge in [0.1, 0.15) is 0 Å².